The Morgan fingerprint density at radius 2 is 1.94 bits per heavy atom. The van der Waals surface area contributed by atoms with Crippen LogP contribution in [0.25, 0.3) is 11.4 Å². The number of amides is 2. The third-order valence-corrected chi connectivity index (χ3v) is 6.66. The van der Waals surface area contributed by atoms with Gasteiger partial charge in [0.05, 0.1) is 18.9 Å². The maximum absolute atomic E-state index is 11.8. The van der Waals surface area contributed by atoms with E-state index < -0.39 is 0 Å². The Labute approximate surface area is 183 Å². The molecule has 2 saturated heterocycles. The van der Waals surface area contributed by atoms with E-state index in [-0.39, 0.29) is 6.03 Å². The van der Waals surface area contributed by atoms with E-state index in [1.54, 1.807) is 0 Å². The van der Waals surface area contributed by atoms with Gasteiger partial charge in [-0.15, -0.1) is 0 Å². The van der Waals surface area contributed by atoms with Crippen molar-refractivity contribution in [2.75, 3.05) is 50.1 Å². The third kappa shape index (κ3) is 3.85. The molecule has 4 heterocycles. The van der Waals surface area contributed by atoms with Crippen molar-refractivity contribution in [3.8, 4) is 11.4 Å². The first-order valence-corrected chi connectivity index (χ1v) is 11.2. The molecule has 1 aromatic carbocycles. The van der Waals surface area contributed by atoms with Crippen LogP contribution in [0.2, 0.25) is 0 Å². The average molecular weight is 423 g/mol. The van der Waals surface area contributed by atoms with Crippen molar-refractivity contribution in [2.24, 2.45) is 0 Å². The minimum Gasteiger partial charge on any atom is -0.378 e. The fourth-order valence-corrected chi connectivity index (χ4v) is 5.01. The largest absolute Gasteiger partial charge is 0.378 e. The molecule has 2 aromatic rings. The highest BCUT2D eigenvalue weighted by Crippen LogP contribution is 2.46. The van der Waals surface area contributed by atoms with E-state index >= 15 is 0 Å². The number of nitrogens with one attached hydrogen (secondary N) is 2. The fraction of sp³-hybridized carbons (Fsp3) is 0.522. The molecule has 2 unspecified atom stereocenters. The maximum Gasteiger partial charge on any atom is 0.319 e. The highest BCUT2D eigenvalue weighted by molar-refractivity contribution is 5.89. The highest BCUT2D eigenvalue weighted by Gasteiger charge is 2.41. The van der Waals surface area contributed by atoms with Crippen LogP contribution in [0.4, 0.5) is 16.3 Å². The zero-order chi connectivity index (χ0) is 21.4. The number of hydrogen-bond donors (Lipinski definition) is 2. The molecule has 3 aliphatic heterocycles. The van der Waals surface area contributed by atoms with Gasteiger partial charge in [-0.05, 0) is 51.1 Å². The topological polar surface area (TPSA) is 82.6 Å². The average Bonchev–Trinajstić information content (AvgIpc) is 3.02. The normalized spacial score (nSPS) is 22.8. The van der Waals surface area contributed by atoms with Gasteiger partial charge >= 0.3 is 6.03 Å². The van der Waals surface area contributed by atoms with Crippen molar-refractivity contribution >= 4 is 17.5 Å². The number of benzene rings is 1. The van der Waals surface area contributed by atoms with Crippen molar-refractivity contribution in [3.63, 3.8) is 0 Å². The number of aromatic nitrogens is 2. The minimum atomic E-state index is -0.200. The zero-order valence-corrected chi connectivity index (χ0v) is 18.2. The molecule has 2 N–H and O–H groups in total. The quantitative estimate of drug-likeness (QED) is 0.789. The Morgan fingerprint density at radius 3 is 2.68 bits per heavy atom. The van der Waals surface area contributed by atoms with E-state index in [2.05, 4.69) is 27.5 Å². The summed E-state index contributed by atoms with van der Waals surface area (Å²) in [5.41, 5.74) is 4.23. The summed E-state index contributed by atoms with van der Waals surface area (Å²) in [7, 11) is 2.24. The fourth-order valence-electron chi connectivity index (χ4n) is 5.01. The Bertz CT molecular complexity index is 957. The molecule has 164 valence electrons. The smallest absolute Gasteiger partial charge is 0.319 e. The number of ether oxygens (including phenoxy) is 1. The summed E-state index contributed by atoms with van der Waals surface area (Å²) < 4.78 is 5.59. The van der Waals surface area contributed by atoms with Gasteiger partial charge in [0.25, 0.3) is 0 Å². The zero-order valence-electron chi connectivity index (χ0n) is 18.2. The second-order valence-electron chi connectivity index (χ2n) is 8.51. The summed E-state index contributed by atoms with van der Waals surface area (Å²) in [6, 6.07) is 8.55. The number of urea groups is 1. The van der Waals surface area contributed by atoms with Gasteiger partial charge < -0.3 is 20.3 Å². The second kappa shape index (κ2) is 8.43. The van der Waals surface area contributed by atoms with Crippen LogP contribution in [0.3, 0.4) is 0 Å². The number of nitrogens with zero attached hydrogens (tertiary/aromatic N) is 4. The number of carbonyl (C=O) groups excluding carboxylic acids is 1. The lowest BCUT2D eigenvalue weighted by atomic mass is 9.97. The summed E-state index contributed by atoms with van der Waals surface area (Å²) in [6.07, 6.45) is 3.37. The van der Waals surface area contributed by atoms with Gasteiger partial charge in [-0.25, -0.2) is 14.8 Å². The molecule has 2 amide bonds. The first-order chi connectivity index (χ1) is 15.1. The molecule has 8 heteroatoms. The van der Waals surface area contributed by atoms with Gasteiger partial charge in [-0.2, -0.15) is 0 Å². The molecule has 31 heavy (non-hydrogen) atoms. The standard InChI is InChI=1S/C23H30N6O2/c1-3-24-23(30)25-16-6-4-15(5-7-16)21-26-18-14-17-8-9-19(28(17)2)20(18)22(27-21)29-10-12-31-13-11-29/h4-7,17,19H,3,8-14H2,1-2H3,(H2,24,25,30). The summed E-state index contributed by atoms with van der Waals surface area (Å²) in [4.78, 5) is 26.8. The van der Waals surface area contributed by atoms with Crippen LogP contribution >= 0.6 is 0 Å². The lowest BCUT2D eigenvalue weighted by Crippen LogP contribution is -2.41. The number of hydrogen-bond acceptors (Lipinski definition) is 6. The SMILES string of the molecule is CCNC(=O)Nc1ccc(-c2nc3c(c(N4CCOCC4)n2)C2CCC(C3)N2C)cc1. The van der Waals surface area contributed by atoms with E-state index in [1.807, 2.05) is 31.2 Å². The van der Waals surface area contributed by atoms with Gasteiger partial charge in [0, 0.05) is 55.0 Å². The monoisotopic (exact) mass is 422 g/mol. The number of carbonyl (C=O) groups is 1. The lowest BCUT2D eigenvalue weighted by molar-refractivity contribution is 0.122. The van der Waals surface area contributed by atoms with Gasteiger partial charge in [-0.1, -0.05) is 0 Å². The second-order valence-corrected chi connectivity index (χ2v) is 8.51. The van der Waals surface area contributed by atoms with E-state index in [1.165, 1.54) is 24.1 Å². The van der Waals surface area contributed by atoms with Crippen molar-refractivity contribution in [2.45, 2.75) is 38.3 Å². The Hall–Kier alpha value is -2.71. The van der Waals surface area contributed by atoms with E-state index in [9.17, 15) is 4.79 Å². The summed E-state index contributed by atoms with van der Waals surface area (Å²) in [5.74, 6) is 1.83. The van der Waals surface area contributed by atoms with Crippen LogP contribution in [0.5, 0.6) is 0 Å². The summed E-state index contributed by atoms with van der Waals surface area (Å²) >= 11 is 0. The molecule has 5 rings (SSSR count). The molecule has 0 saturated carbocycles. The van der Waals surface area contributed by atoms with E-state index in [0.717, 1.165) is 55.6 Å². The Kier molecular flexibility index (Phi) is 5.50. The van der Waals surface area contributed by atoms with Gasteiger partial charge in [-0.3, -0.25) is 4.90 Å². The molecule has 1 aromatic heterocycles. The molecular weight excluding hydrogens is 392 g/mol. The van der Waals surface area contributed by atoms with Gasteiger partial charge in [0.2, 0.25) is 0 Å². The number of fused-ring (bicyclic) bond motifs is 4. The third-order valence-electron chi connectivity index (χ3n) is 6.66. The van der Waals surface area contributed by atoms with Crippen molar-refractivity contribution in [3.05, 3.63) is 35.5 Å². The Balaban J connectivity index is 1.50. The lowest BCUT2D eigenvalue weighted by Gasteiger charge is -2.37. The van der Waals surface area contributed by atoms with Gasteiger partial charge in [0.15, 0.2) is 5.82 Å². The molecule has 0 radical (unpaired) electrons. The summed E-state index contributed by atoms with van der Waals surface area (Å²) in [6.45, 7) is 5.67. The number of likely N-dealkylation sites (N-methyl/N-ethyl adjacent to an activating group) is 1. The molecule has 2 atom stereocenters. The first-order valence-electron chi connectivity index (χ1n) is 11.2. The number of rotatable bonds is 4. The first kappa shape index (κ1) is 20.2. The van der Waals surface area contributed by atoms with Crippen LogP contribution in [-0.2, 0) is 11.2 Å². The molecule has 3 aliphatic rings. The molecule has 0 spiro atoms. The van der Waals surface area contributed by atoms with Crippen LogP contribution in [0.1, 0.15) is 37.1 Å². The number of anilines is 2. The summed E-state index contributed by atoms with van der Waals surface area (Å²) in [5, 5.41) is 5.58. The van der Waals surface area contributed by atoms with Crippen LogP contribution in [0, 0.1) is 0 Å². The van der Waals surface area contributed by atoms with Crippen LogP contribution in [0.15, 0.2) is 24.3 Å². The van der Waals surface area contributed by atoms with E-state index in [0.29, 0.717) is 18.6 Å². The van der Waals surface area contributed by atoms with Crippen LogP contribution in [-0.4, -0.2) is 66.8 Å². The molecule has 2 fully saturated rings. The van der Waals surface area contributed by atoms with Crippen molar-refractivity contribution in [1.82, 2.24) is 20.2 Å². The minimum absolute atomic E-state index is 0.200. The maximum atomic E-state index is 11.8. The Morgan fingerprint density at radius 1 is 1.16 bits per heavy atom. The predicted molar refractivity (Wildman–Crippen MR) is 120 cm³/mol. The van der Waals surface area contributed by atoms with Gasteiger partial charge in [0.1, 0.15) is 5.82 Å². The van der Waals surface area contributed by atoms with Crippen LogP contribution < -0.4 is 15.5 Å². The van der Waals surface area contributed by atoms with Crippen molar-refractivity contribution in [1.29, 1.82) is 0 Å². The molecule has 8 nitrogen and oxygen atoms in total. The highest BCUT2D eigenvalue weighted by atomic mass is 16.5. The van der Waals surface area contributed by atoms with Crippen molar-refractivity contribution < 1.29 is 9.53 Å². The molecule has 2 bridgehead atoms. The molecule has 0 aliphatic carbocycles. The number of morpholine rings is 1. The molecular formula is C23H30N6O2. The predicted octanol–water partition coefficient (Wildman–Crippen LogP) is 2.81. The van der Waals surface area contributed by atoms with E-state index in [4.69, 9.17) is 14.7 Å².